The molecule has 4 amide bonds. The highest BCUT2D eigenvalue weighted by atomic mass is 16.5. The molecule has 2 atom stereocenters. The monoisotopic (exact) mass is 613 g/mol. The van der Waals surface area contributed by atoms with Crippen molar-refractivity contribution in [2.75, 3.05) is 11.9 Å². The van der Waals surface area contributed by atoms with Crippen LogP contribution in [0.5, 0.6) is 0 Å². The molecule has 1 aliphatic heterocycles. The normalized spacial score (nSPS) is 14.4. The fraction of sp³-hybridized carbons (Fsp3) is 0.531. The number of imide groups is 1. The summed E-state index contributed by atoms with van der Waals surface area (Å²) in [5, 5.41) is 14.3. The summed E-state index contributed by atoms with van der Waals surface area (Å²) >= 11 is 0. The van der Waals surface area contributed by atoms with Crippen LogP contribution in [0, 0.1) is 17.3 Å². The molecular weight excluding hydrogens is 570 g/mol. The standard InChI is InChI=1S/C32H43N3O9/c1-19(2)29(34-25(37)17-35-26(38)13-14-27(35)39)24(36)15-20(3)30(42)33-23-12-11-22(18-44-31(43)32(4,5)6)21(16-23)9-7-8-10-28(40)41/h11-14,16,19-20,29H,7-10,15,17-18H2,1-6H3,(H,33,42)(H,34,37)(H,40,41)/t20-,29+/m1/s1. The lowest BCUT2D eigenvalue weighted by Gasteiger charge is -2.24. The average molecular weight is 614 g/mol. The summed E-state index contributed by atoms with van der Waals surface area (Å²) in [4.78, 5) is 86.1. The number of ketones is 1. The number of nitrogens with zero attached hydrogens (tertiary/aromatic N) is 1. The highest BCUT2D eigenvalue weighted by Gasteiger charge is 2.31. The number of amides is 4. The van der Waals surface area contributed by atoms with Gasteiger partial charge in [0.1, 0.15) is 13.2 Å². The number of esters is 1. The van der Waals surface area contributed by atoms with E-state index in [0.29, 0.717) is 24.9 Å². The molecule has 0 unspecified atom stereocenters. The number of carboxylic acids is 1. The number of nitrogens with one attached hydrogen (secondary N) is 2. The Morgan fingerprint density at radius 1 is 0.955 bits per heavy atom. The number of unbranched alkanes of at least 4 members (excludes halogenated alkanes) is 1. The smallest absolute Gasteiger partial charge is 0.311 e. The van der Waals surface area contributed by atoms with E-state index in [9.17, 15) is 33.6 Å². The lowest BCUT2D eigenvalue weighted by Crippen LogP contribution is -2.49. The number of aliphatic carboxylic acids is 1. The third-order valence-electron chi connectivity index (χ3n) is 7.02. The van der Waals surface area contributed by atoms with Crippen molar-refractivity contribution >= 4 is 47.0 Å². The molecule has 0 saturated heterocycles. The molecule has 12 heteroatoms. The SMILES string of the molecule is CC(C)[C@H](NC(=O)CN1C(=O)C=CC1=O)C(=O)C[C@@H](C)C(=O)Nc1ccc(COC(=O)C(C)(C)C)c(CCCCC(=O)O)c1. The van der Waals surface area contributed by atoms with Crippen LogP contribution < -0.4 is 10.6 Å². The van der Waals surface area contributed by atoms with E-state index in [1.54, 1.807) is 59.7 Å². The maximum Gasteiger partial charge on any atom is 0.311 e. The second-order valence-corrected chi connectivity index (χ2v) is 12.4. The van der Waals surface area contributed by atoms with E-state index in [2.05, 4.69) is 10.6 Å². The molecule has 1 heterocycles. The fourth-order valence-corrected chi connectivity index (χ4v) is 4.38. The van der Waals surface area contributed by atoms with Crippen LogP contribution in [-0.2, 0) is 51.3 Å². The minimum Gasteiger partial charge on any atom is -0.481 e. The molecule has 0 aliphatic carbocycles. The van der Waals surface area contributed by atoms with E-state index in [1.165, 1.54) is 0 Å². The Balaban J connectivity index is 2.06. The third-order valence-corrected chi connectivity index (χ3v) is 7.02. The van der Waals surface area contributed by atoms with Gasteiger partial charge in [0.25, 0.3) is 11.8 Å². The molecule has 0 aromatic heterocycles. The molecule has 240 valence electrons. The Hall–Kier alpha value is -4.35. The predicted octanol–water partition coefficient (Wildman–Crippen LogP) is 3.17. The number of hydrogen-bond donors (Lipinski definition) is 3. The number of rotatable bonds is 16. The zero-order valence-electron chi connectivity index (χ0n) is 26.2. The quantitative estimate of drug-likeness (QED) is 0.144. The molecule has 1 aromatic carbocycles. The summed E-state index contributed by atoms with van der Waals surface area (Å²) < 4.78 is 5.47. The lowest BCUT2D eigenvalue weighted by molar-refractivity contribution is -0.154. The minimum absolute atomic E-state index is 0.0276. The molecule has 0 saturated carbocycles. The molecular formula is C32H43N3O9. The van der Waals surface area contributed by atoms with Crippen molar-refractivity contribution in [3.8, 4) is 0 Å². The van der Waals surface area contributed by atoms with Crippen molar-refractivity contribution < 1.29 is 43.4 Å². The predicted molar refractivity (Wildman–Crippen MR) is 161 cm³/mol. The first-order chi connectivity index (χ1) is 20.5. The molecule has 44 heavy (non-hydrogen) atoms. The number of benzene rings is 1. The Morgan fingerprint density at radius 2 is 1.59 bits per heavy atom. The van der Waals surface area contributed by atoms with Crippen LogP contribution in [0.3, 0.4) is 0 Å². The van der Waals surface area contributed by atoms with Gasteiger partial charge >= 0.3 is 11.9 Å². The first kappa shape index (κ1) is 35.8. The lowest BCUT2D eigenvalue weighted by atomic mass is 9.92. The van der Waals surface area contributed by atoms with Crippen LogP contribution in [0.2, 0.25) is 0 Å². The molecule has 0 radical (unpaired) electrons. The van der Waals surface area contributed by atoms with Gasteiger partial charge in [-0.3, -0.25) is 38.5 Å². The van der Waals surface area contributed by atoms with Gasteiger partial charge in [0.05, 0.1) is 11.5 Å². The number of anilines is 1. The van der Waals surface area contributed by atoms with Crippen LogP contribution in [0.4, 0.5) is 5.69 Å². The Kier molecular flexibility index (Phi) is 13.0. The van der Waals surface area contributed by atoms with Gasteiger partial charge in [0, 0.05) is 36.6 Å². The van der Waals surface area contributed by atoms with E-state index < -0.39 is 53.5 Å². The van der Waals surface area contributed by atoms with Crippen molar-refractivity contribution in [1.29, 1.82) is 0 Å². The van der Waals surface area contributed by atoms with Crippen molar-refractivity contribution in [2.24, 2.45) is 17.3 Å². The van der Waals surface area contributed by atoms with E-state index in [4.69, 9.17) is 9.84 Å². The maximum absolute atomic E-state index is 13.1. The largest absolute Gasteiger partial charge is 0.481 e. The highest BCUT2D eigenvalue weighted by molar-refractivity contribution is 6.14. The molecule has 1 aromatic rings. The summed E-state index contributed by atoms with van der Waals surface area (Å²) in [6.45, 7) is 9.83. The Bertz CT molecular complexity index is 1290. The first-order valence-corrected chi connectivity index (χ1v) is 14.7. The number of carboxylic acid groups (broad SMARTS) is 1. The van der Waals surface area contributed by atoms with Gasteiger partial charge < -0.3 is 20.5 Å². The highest BCUT2D eigenvalue weighted by Crippen LogP contribution is 2.23. The summed E-state index contributed by atoms with van der Waals surface area (Å²) in [7, 11) is 0. The summed E-state index contributed by atoms with van der Waals surface area (Å²) in [5.74, 6) is -4.98. The molecule has 12 nitrogen and oxygen atoms in total. The summed E-state index contributed by atoms with van der Waals surface area (Å²) in [5.41, 5.74) is 1.33. The number of aryl methyl sites for hydroxylation is 1. The van der Waals surface area contributed by atoms with Gasteiger partial charge in [-0.15, -0.1) is 0 Å². The third kappa shape index (κ3) is 11.1. The minimum atomic E-state index is -0.925. The van der Waals surface area contributed by atoms with Crippen molar-refractivity contribution in [3.05, 3.63) is 41.5 Å². The Labute approximate surface area is 257 Å². The van der Waals surface area contributed by atoms with Gasteiger partial charge in [-0.2, -0.15) is 0 Å². The van der Waals surface area contributed by atoms with E-state index in [-0.39, 0.29) is 37.1 Å². The van der Waals surface area contributed by atoms with Gasteiger partial charge in [0.2, 0.25) is 11.8 Å². The fourth-order valence-electron chi connectivity index (χ4n) is 4.38. The van der Waals surface area contributed by atoms with E-state index >= 15 is 0 Å². The van der Waals surface area contributed by atoms with Gasteiger partial charge in [-0.25, -0.2) is 0 Å². The van der Waals surface area contributed by atoms with Crippen LogP contribution in [0.25, 0.3) is 0 Å². The molecule has 0 spiro atoms. The van der Waals surface area contributed by atoms with E-state index in [1.807, 2.05) is 0 Å². The van der Waals surface area contributed by atoms with E-state index in [0.717, 1.165) is 28.2 Å². The zero-order chi connectivity index (χ0) is 33.2. The van der Waals surface area contributed by atoms with Crippen LogP contribution in [-0.4, -0.2) is 63.9 Å². The number of carbonyl (C=O) groups excluding carboxylic acids is 6. The number of hydrogen-bond acceptors (Lipinski definition) is 8. The topological polar surface area (TPSA) is 176 Å². The van der Waals surface area contributed by atoms with Crippen LogP contribution in [0.15, 0.2) is 30.4 Å². The van der Waals surface area contributed by atoms with Gasteiger partial charge in [-0.05, 0) is 69.2 Å². The number of ether oxygens (including phenoxy) is 1. The van der Waals surface area contributed by atoms with Crippen molar-refractivity contribution in [2.45, 2.75) is 86.3 Å². The van der Waals surface area contributed by atoms with Crippen LogP contribution in [0.1, 0.15) is 78.4 Å². The maximum atomic E-state index is 13.1. The summed E-state index contributed by atoms with van der Waals surface area (Å²) in [6.07, 6.45) is 3.54. The second kappa shape index (κ2) is 15.9. The van der Waals surface area contributed by atoms with Crippen molar-refractivity contribution in [1.82, 2.24) is 10.2 Å². The molecule has 1 aliphatic rings. The second-order valence-electron chi connectivity index (χ2n) is 12.4. The average Bonchev–Trinajstić information content (AvgIpc) is 3.24. The summed E-state index contributed by atoms with van der Waals surface area (Å²) in [6, 6.07) is 4.23. The van der Waals surface area contributed by atoms with Gasteiger partial charge in [-0.1, -0.05) is 26.8 Å². The van der Waals surface area contributed by atoms with Crippen LogP contribution >= 0.6 is 0 Å². The molecule has 0 fully saturated rings. The number of Topliss-reactive ketones (excluding diaryl/α,β-unsaturated/α-hetero) is 1. The Morgan fingerprint density at radius 3 is 2.16 bits per heavy atom. The number of carbonyl (C=O) groups is 7. The molecule has 2 rings (SSSR count). The van der Waals surface area contributed by atoms with Crippen molar-refractivity contribution in [3.63, 3.8) is 0 Å². The van der Waals surface area contributed by atoms with Gasteiger partial charge in [0.15, 0.2) is 5.78 Å². The molecule has 3 N–H and O–H groups in total. The zero-order valence-corrected chi connectivity index (χ0v) is 26.2. The first-order valence-electron chi connectivity index (χ1n) is 14.7. The molecule has 0 bridgehead atoms.